The third-order valence-corrected chi connectivity index (χ3v) is 5.19. The summed E-state index contributed by atoms with van der Waals surface area (Å²) in [5.41, 5.74) is 1.76. The molecule has 0 aliphatic carbocycles. The quantitative estimate of drug-likeness (QED) is 0.554. The molecule has 3 aromatic heterocycles. The number of hydrogen-bond donors (Lipinski definition) is 1. The van der Waals surface area contributed by atoms with Gasteiger partial charge in [0.05, 0.1) is 19.9 Å². The van der Waals surface area contributed by atoms with Crippen molar-refractivity contribution in [3.05, 3.63) is 77.2 Å². The zero-order valence-corrected chi connectivity index (χ0v) is 15.1. The van der Waals surface area contributed by atoms with Crippen molar-refractivity contribution < 1.29 is 13.9 Å². The Bertz CT molecular complexity index is 1010. The van der Waals surface area contributed by atoms with Gasteiger partial charge < -0.3 is 19.0 Å². The summed E-state index contributed by atoms with van der Waals surface area (Å²) in [6, 6.07) is 15.5. The normalized spacial score (nSPS) is 11.0. The molecule has 0 aliphatic heterocycles. The maximum absolute atomic E-state index is 12.7. The van der Waals surface area contributed by atoms with Gasteiger partial charge in [-0.25, -0.2) is 0 Å². The molecule has 0 radical (unpaired) electrons. The van der Waals surface area contributed by atoms with E-state index in [1.807, 2.05) is 53.9 Å². The van der Waals surface area contributed by atoms with Gasteiger partial charge in [0.1, 0.15) is 22.0 Å². The molecule has 0 unspecified atom stereocenters. The summed E-state index contributed by atoms with van der Waals surface area (Å²) in [5, 5.41) is 6.04. The van der Waals surface area contributed by atoms with Crippen LogP contribution in [0.5, 0.6) is 5.75 Å². The molecule has 132 valence electrons. The van der Waals surface area contributed by atoms with E-state index in [0.29, 0.717) is 18.8 Å². The molecule has 1 N–H and O–H groups in total. The van der Waals surface area contributed by atoms with Crippen LogP contribution in [0.2, 0.25) is 0 Å². The highest BCUT2D eigenvalue weighted by atomic mass is 32.1. The number of furan rings is 1. The lowest BCUT2D eigenvalue weighted by atomic mass is 10.2. The molecular weight excluding hydrogens is 348 g/mol. The Morgan fingerprint density at radius 2 is 2.08 bits per heavy atom. The molecule has 26 heavy (non-hydrogen) atoms. The highest BCUT2D eigenvalue weighted by Crippen LogP contribution is 2.27. The number of ether oxygens (including phenoxy) is 1. The zero-order valence-electron chi connectivity index (χ0n) is 14.3. The van der Waals surface area contributed by atoms with Crippen LogP contribution in [-0.4, -0.2) is 17.6 Å². The number of thiophene rings is 1. The molecule has 3 heterocycles. The summed E-state index contributed by atoms with van der Waals surface area (Å²) in [6.07, 6.45) is 1.60. The highest BCUT2D eigenvalue weighted by Gasteiger charge is 2.17. The van der Waals surface area contributed by atoms with Crippen molar-refractivity contribution >= 4 is 27.5 Å². The first-order valence-corrected chi connectivity index (χ1v) is 9.13. The van der Waals surface area contributed by atoms with Gasteiger partial charge in [-0.3, -0.25) is 4.79 Å². The Morgan fingerprint density at radius 1 is 1.23 bits per heavy atom. The summed E-state index contributed by atoms with van der Waals surface area (Å²) < 4.78 is 12.5. The maximum Gasteiger partial charge on any atom is 0.268 e. The van der Waals surface area contributed by atoms with Crippen molar-refractivity contribution in [2.24, 2.45) is 0 Å². The van der Waals surface area contributed by atoms with E-state index in [2.05, 4.69) is 9.88 Å². The second-order valence-corrected chi connectivity index (χ2v) is 6.80. The smallest absolute Gasteiger partial charge is 0.268 e. The van der Waals surface area contributed by atoms with Crippen LogP contribution in [0, 0.1) is 0 Å². The average Bonchev–Trinajstić information content (AvgIpc) is 3.39. The van der Waals surface area contributed by atoms with Crippen LogP contribution in [-0.2, 0) is 13.1 Å². The number of nitrogens with zero attached hydrogens (tertiary/aromatic N) is 1. The fourth-order valence-corrected chi connectivity index (χ4v) is 3.80. The number of carbonyl (C=O) groups is 1. The molecule has 1 aromatic carbocycles. The molecule has 1 amide bonds. The first-order chi connectivity index (χ1) is 12.7. The number of amides is 1. The van der Waals surface area contributed by atoms with Gasteiger partial charge in [-0.2, -0.15) is 0 Å². The maximum atomic E-state index is 12.7. The van der Waals surface area contributed by atoms with E-state index < -0.39 is 0 Å². The van der Waals surface area contributed by atoms with Gasteiger partial charge in [0, 0.05) is 11.9 Å². The van der Waals surface area contributed by atoms with E-state index in [0.717, 1.165) is 27.3 Å². The van der Waals surface area contributed by atoms with Crippen molar-refractivity contribution in [3.63, 3.8) is 0 Å². The standard InChI is InChI=1S/C20H18N2O3S/c1-24-16-6-4-14(5-7-16)13-22-18(11-15-8-10-26-20(15)22)19(23)21-12-17-3-2-9-25-17/h2-11H,12-13H2,1H3,(H,21,23). The number of aromatic nitrogens is 1. The monoisotopic (exact) mass is 366 g/mol. The molecule has 0 fully saturated rings. The number of hydrogen-bond acceptors (Lipinski definition) is 4. The first kappa shape index (κ1) is 16.5. The molecule has 5 nitrogen and oxygen atoms in total. The molecule has 0 aliphatic rings. The first-order valence-electron chi connectivity index (χ1n) is 8.25. The minimum atomic E-state index is -0.113. The van der Waals surface area contributed by atoms with Gasteiger partial charge >= 0.3 is 0 Å². The van der Waals surface area contributed by atoms with Gasteiger partial charge in [-0.05, 0) is 47.3 Å². The number of rotatable bonds is 6. The summed E-state index contributed by atoms with van der Waals surface area (Å²) in [7, 11) is 1.65. The van der Waals surface area contributed by atoms with Crippen LogP contribution in [0.4, 0.5) is 0 Å². The predicted molar refractivity (Wildman–Crippen MR) is 102 cm³/mol. The van der Waals surface area contributed by atoms with Gasteiger partial charge in [0.25, 0.3) is 5.91 Å². The topological polar surface area (TPSA) is 56.4 Å². The number of benzene rings is 1. The molecule has 6 heteroatoms. The van der Waals surface area contributed by atoms with Gasteiger partial charge in [0.2, 0.25) is 0 Å². The van der Waals surface area contributed by atoms with Crippen molar-refractivity contribution in [1.82, 2.24) is 9.88 Å². The zero-order chi connectivity index (χ0) is 17.9. The number of methoxy groups -OCH3 is 1. The van der Waals surface area contributed by atoms with Crippen molar-refractivity contribution in [3.8, 4) is 5.75 Å². The molecule has 4 rings (SSSR count). The SMILES string of the molecule is COc1ccc(Cn2c(C(=O)NCc3ccco3)cc3ccsc32)cc1. The summed E-state index contributed by atoms with van der Waals surface area (Å²) in [4.78, 5) is 13.8. The fraction of sp³-hybridized carbons (Fsp3) is 0.150. The van der Waals surface area contributed by atoms with E-state index >= 15 is 0 Å². The number of nitrogens with one attached hydrogen (secondary N) is 1. The van der Waals surface area contributed by atoms with Crippen LogP contribution in [0.15, 0.2) is 64.6 Å². The van der Waals surface area contributed by atoms with Crippen LogP contribution >= 0.6 is 11.3 Å². The van der Waals surface area contributed by atoms with Gasteiger partial charge in [-0.15, -0.1) is 11.3 Å². The Hall–Kier alpha value is -2.99. The average molecular weight is 366 g/mol. The molecule has 0 atom stereocenters. The van der Waals surface area contributed by atoms with Gasteiger partial charge in [0.15, 0.2) is 0 Å². The summed E-state index contributed by atoms with van der Waals surface area (Å²) in [5.74, 6) is 1.44. The van der Waals surface area contributed by atoms with Gasteiger partial charge in [-0.1, -0.05) is 12.1 Å². The second kappa shape index (κ2) is 7.09. The summed E-state index contributed by atoms with van der Waals surface area (Å²) in [6.45, 7) is 0.991. The Morgan fingerprint density at radius 3 is 2.81 bits per heavy atom. The minimum absolute atomic E-state index is 0.113. The molecule has 0 spiro atoms. The van der Waals surface area contributed by atoms with Crippen LogP contribution in [0.1, 0.15) is 21.8 Å². The Kier molecular flexibility index (Phi) is 4.50. The molecule has 0 bridgehead atoms. The van der Waals surface area contributed by atoms with E-state index in [4.69, 9.17) is 9.15 Å². The molecule has 0 saturated carbocycles. The lowest BCUT2D eigenvalue weighted by molar-refractivity contribution is 0.0939. The predicted octanol–water partition coefficient (Wildman–Crippen LogP) is 4.28. The van der Waals surface area contributed by atoms with Crippen molar-refractivity contribution in [2.45, 2.75) is 13.1 Å². The van der Waals surface area contributed by atoms with Crippen LogP contribution in [0.3, 0.4) is 0 Å². The third kappa shape index (κ3) is 3.23. The molecular formula is C20H18N2O3S. The molecule has 0 saturated heterocycles. The lowest BCUT2D eigenvalue weighted by Crippen LogP contribution is -2.25. The number of fused-ring (bicyclic) bond motifs is 1. The van der Waals surface area contributed by atoms with E-state index in [-0.39, 0.29) is 5.91 Å². The Labute approximate surface area is 154 Å². The number of carbonyl (C=O) groups excluding carboxylic acids is 1. The lowest BCUT2D eigenvalue weighted by Gasteiger charge is -2.11. The minimum Gasteiger partial charge on any atom is -0.497 e. The highest BCUT2D eigenvalue weighted by molar-refractivity contribution is 7.16. The van der Waals surface area contributed by atoms with E-state index in [1.165, 1.54) is 0 Å². The largest absolute Gasteiger partial charge is 0.497 e. The van der Waals surface area contributed by atoms with Crippen LogP contribution < -0.4 is 10.1 Å². The summed E-state index contributed by atoms with van der Waals surface area (Å²) >= 11 is 1.63. The van der Waals surface area contributed by atoms with E-state index in [1.54, 1.807) is 24.7 Å². The fourth-order valence-electron chi connectivity index (χ4n) is 2.90. The molecule has 4 aromatic rings. The Balaban J connectivity index is 1.60. The van der Waals surface area contributed by atoms with Crippen molar-refractivity contribution in [1.29, 1.82) is 0 Å². The van der Waals surface area contributed by atoms with E-state index in [9.17, 15) is 4.79 Å². The second-order valence-electron chi connectivity index (χ2n) is 5.91. The van der Waals surface area contributed by atoms with Crippen molar-refractivity contribution in [2.75, 3.05) is 7.11 Å². The third-order valence-electron chi connectivity index (χ3n) is 4.24. The van der Waals surface area contributed by atoms with Crippen LogP contribution in [0.25, 0.3) is 10.2 Å².